The first-order valence-corrected chi connectivity index (χ1v) is 9.28. The van der Waals surface area contributed by atoms with Crippen molar-refractivity contribution in [2.75, 3.05) is 0 Å². The second kappa shape index (κ2) is 5.38. The summed E-state index contributed by atoms with van der Waals surface area (Å²) in [6.07, 6.45) is 3.30. The van der Waals surface area contributed by atoms with Gasteiger partial charge in [0, 0.05) is 0 Å². The topological polar surface area (TPSA) is 68.3 Å². The van der Waals surface area contributed by atoms with Gasteiger partial charge in [-0.3, -0.25) is 0 Å². The highest BCUT2D eigenvalue weighted by molar-refractivity contribution is 7.92. The molecule has 1 unspecified atom stereocenters. The minimum atomic E-state index is -4.80. The van der Waals surface area contributed by atoms with Crippen molar-refractivity contribution in [3.63, 3.8) is 0 Å². The average molecular weight is 330 g/mol. The Morgan fingerprint density at radius 3 is 2.24 bits per heavy atom. The number of hydrogen-bond acceptors (Lipinski definition) is 4. The van der Waals surface area contributed by atoms with E-state index in [-0.39, 0.29) is 12.2 Å². The lowest BCUT2D eigenvalue weighted by Gasteiger charge is -2.27. The maximum atomic E-state index is 12.9. The normalized spacial score (nSPS) is 22.9. The quantitative estimate of drug-likeness (QED) is 0.796. The Labute approximate surface area is 124 Å². The zero-order valence-electron chi connectivity index (χ0n) is 11.4. The van der Waals surface area contributed by atoms with Crippen LogP contribution in [0.2, 0.25) is 0 Å². The van der Waals surface area contributed by atoms with E-state index in [0.717, 1.165) is 12.2 Å². The minimum absolute atomic E-state index is 0.0723. The van der Waals surface area contributed by atoms with Gasteiger partial charge in [0.1, 0.15) is 0 Å². The van der Waals surface area contributed by atoms with Crippen molar-refractivity contribution in [3.05, 3.63) is 59.0 Å². The summed E-state index contributed by atoms with van der Waals surface area (Å²) in [5.41, 5.74) is 0.653. The number of hydrogen-bond donors (Lipinski definition) is 0. The second-order valence-corrected chi connectivity index (χ2v) is 8.94. The van der Waals surface area contributed by atoms with Crippen molar-refractivity contribution in [1.82, 2.24) is 0 Å². The summed E-state index contributed by atoms with van der Waals surface area (Å²) in [6.45, 7) is 1.50. The molecule has 1 atom stereocenters. The largest absolute Gasteiger partial charge is 0.331 e. The van der Waals surface area contributed by atoms with E-state index in [0.29, 0.717) is 5.56 Å². The van der Waals surface area contributed by atoms with Gasteiger partial charge >= 0.3 is 10.2 Å². The molecular formula is C14H15FO4S2. The maximum Gasteiger partial charge on any atom is 0.331 e. The fourth-order valence-corrected chi connectivity index (χ4v) is 4.15. The molecule has 4 nitrogen and oxygen atoms in total. The lowest BCUT2D eigenvalue weighted by Crippen LogP contribution is -2.35. The van der Waals surface area contributed by atoms with E-state index < -0.39 is 29.7 Å². The third kappa shape index (κ3) is 3.41. The molecule has 114 valence electrons. The Bertz CT molecular complexity index is 793. The second-order valence-electron chi connectivity index (χ2n) is 5.14. The number of sulfone groups is 1. The Hall–Kier alpha value is -1.47. The average Bonchev–Trinajstić information content (AvgIpc) is 2.38. The SMILES string of the molecule is CC1(S(=O)(=O)Cc2ccccc2)C=CC(S(=O)(=O)F)=CC1. The molecule has 0 saturated carbocycles. The third-order valence-corrected chi connectivity index (χ3v) is 6.80. The fraction of sp³-hybridized carbons (Fsp3) is 0.286. The highest BCUT2D eigenvalue weighted by Gasteiger charge is 2.38. The summed E-state index contributed by atoms with van der Waals surface area (Å²) in [5, 5.41) is 0. The van der Waals surface area contributed by atoms with Crippen LogP contribution in [0, 0.1) is 0 Å². The molecule has 0 aromatic heterocycles. The van der Waals surface area contributed by atoms with Crippen molar-refractivity contribution >= 4 is 20.1 Å². The van der Waals surface area contributed by atoms with E-state index in [1.54, 1.807) is 30.3 Å². The van der Waals surface area contributed by atoms with E-state index in [1.165, 1.54) is 13.0 Å². The zero-order valence-corrected chi connectivity index (χ0v) is 13.0. The predicted octanol–water partition coefficient (Wildman–Crippen LogP) is 2.50. The zero-order chi connectivity index (χ0) is 15.7. The van der Waals surface area contributed by atoms with Gasteiger partial charge in [0.15, 0.2) is 9.84 Å². The molecule has 0 fully saturated rings. The highest BCUT2D eigenvalue weighted by atomic mass is 32.3. The molecule has 0 bridgehead atoms. The number of rotatable bonds is 4. The molecule has 1 aromatic rings. The number of allylic oxidation sites excluding steroid dienone is 2. The third-order valence-electron chi connectivity index (χ3n) is 3.50. The van der Waals surface area contributed by atoms with Crippen LogP contribution in [0.15, 0.2) is 53.5 Å². The van der Waals surface area contributed by atoms with E-state index in [2.05, 4.69) is 0 Å². The molecule has 1 aliphatic rings. The number of benzene rings is 1. The highest BCUT2D eigenvalue weighted by Crippen LogP contribution is 2.33. The van der Waals surface area contributed by atoms with Gasteiger partial charge in [0.05, 0.1) is 15.4 Å². The van der Waals surface area contributed by atoms with Gasteiger partial charge in [-0.1, -0.05) is 42.5 Å². The van der Waals surface area contributed by atoms with Crippen molar-refractivity contribution < 1.29 is 20.7 Å². The van der Waals surface area contributed by atoms with Crippen LogP contribution in [0.1, 0.15) is 18.9 Å². The van der Waals surface area contributed by atoms with Crippen LogP contribution in [0.4, 0.5) is 3.89 Å². The van der Waals surface area contributed by atoms with Crippen LogP contribution < -0.4 is 0 Å². The van der Waals surface area contributed by atoms with Gasteiger partial charge in [0.2, 0.25) is 0 Å². The molecule has 0 N–H and O–H groups in total. The molecular weight excluding hydrogens is 315 g/mol. The van der Waals surface area contributed by atoms with Gasteiger partial charge in [-0.2, -0.15) is 8.42 Å². The molecule has 1 aliphatic carbocycles. The Balaban J connectivity index is 2.27. The molecule has 0 radical (unpaired) electrons. The maximum absolute atomic E-state index is 12.9. The van der Waals surface area contributed by atoms with Gasteiger partial charge in [-0.15, -0.1) is 3.89 Å². The molecule has 1 aromatic carbocycles. The smallest absolute Gasteiger partial charge is 0.228 e. The number of halogens is 1. The van der Waals surface area contributed by atoms with E-state index in [1.807, 2.05) is 0 Å². The molecule has 7 heteroatoms. The van der Waals surface area contributed by atoms with Crippen molar-refractivity contribution in [3.8, 4) is 0 Å². The first-order chi connectivity index (χ1) is 9.64. The predicted molar refractivity (Wildman–Crippen MR) is 79.3 cm³/mol. The van der Waals surface area contributed by atoms with Crippen LogP contribution >= 0.6 is 0 Å². The van der Waals surface area contributed by atoms with Crippen LogP contribution in [0.25, 0.3) is 0 Å². The molecule has 2 rings (SSSR count). The van der Waals surface area contributed by atoms with Gasteiger partial charge in [-0.25, -0.2) is 8.42 Å². The summed E-state index contributed by atoms with van der Waals surface area (Å²) >= 11 is 0. The Morgan fingerprint density at radius 2 is 1.76 bits per heavy atom. The molecule has 21 heavy (non-hydrogen) atoms. The van der Waals surface area contributed by atoms with Crippen LogP contribution in [-0.2, 0) is 25.8 Å². The standard InChI is InChI=1S/C14H15FO4S2/c1-14(9-7-13(8-10-14)21(15,18)19)20(16,17)11-12-5-3-2-4-6-12/h2-9H,10-11H2,1H3. The Morgan fingerprint density at radius 1 is 1.14 bits per heavy atom. The van der Waals surface area contributed by atoms with Gasteiger partial charge in [0.25, 0.3) is 0 Å². The van der Waals surface area contributed by atoms with Crippen LogP contribution in [0.3, 0.4) is 0 Å². The fourth-order valence-electron chi connectivity index (χ4n) is 2.07. The van der Waals surface area contributed by atoms with E-state index in [9.17, 15) is 20.7 Å². The first kappa shape index (κ1) is 15.9. The summed E-state index contributed by atoms with van der Waals surface area (Å²) < 4.78 is 58.3. The lowest BCUT2D eigenvalue weighted by molar-refractivity contribution is 0.553. The molecule has 0 heterocycles. The molecule has 0 saturated heterocycles. The van der Waals surface area contributed by atoms with Crippen molar-refractivity contribution in [2.24, 2.45) is 0 Å². The van der Waals surface area contributed by atoms with Gasteiger partial charge in [-0.05, 0) is 25.0 Å². The van der Waals surface area contributed by atoms with Gasteiger partial charge < -0.3 is 0 Å². The summed E-state index contributed by atoms with van der Waals surface area (Å²) in [6, 6.07) is 8.70. The van der Waals surface area contributed by atoms with Crippen LogP contribution in [0.5, 0.6) is 0 Å². The minimum Gasteiger partial charge on any atom is -0.228 e. The molecule has 0 spiro atoms. The van der Waals surface area contributed by atoms with Crippen molar-refractivity contribution in [2.45, 2.75) is 23.8 Å². The Kier molecular flexibility index (Phi) is 4.08. The van der Waals surface area contributed by atoms with Crippen LogP contribution in [-0.4, -0.2) is 21.6 Å². The first-order valence-electron chi connectivity index (χ1n) is 6.24. The summed E-state index contributed by atoms with van der Waals surface area (Å²) in [5.74, 6) is -0.153. The van der Waals surface area contributed by atoms with Crippen molar-refractivity contribution in [1.29, 1.82) is 0 Å². The summed E-state index contributed by atoms with van der Waals surface area (Å²) in [4.78, 5) is -0.491. The van der Waals surface area contributed by atoms with E-state index in [4.69, 9.17) is 0 Å². The lowest BCUT2D eigenvalue weighted by atomic mass is 10.0. The monoisotopic (exact) mass is 330 g/mol. The molecule has 0 aliphatic heterocycles. The molecule has 0 amide bonds. The summed E-state index contributed by atoms with van der Waals surface area (Å²) in [7, 11) is -8.35. The van der Waals surface area contributed by atoms with E-state index >= 15 is 0 Å².